The van der Waals surface area contributed by atoms with E-state index in [0.29, 0.717) is 0 Å². The lowest BCUT2D eigenvalue weighted by molar-refractivity contribution is 0.660. The van der Waals surface area contributed by atoms with Gasteiger partial charge in [-0.2, -0.15) is 0 Å². The molecule has 0 N–H and O–H groups in total. The molecule has 0 radical (unpaired) electrons. The molecule has 1 aromatic heterocycles. The topological polar surface area (TPSA) is 25.8 Å². The van der Waals surface area contributed by atoms with E-state index < -0.39 is 0 Å². The highest BCUT2D eigenvalue weighted by molar-refractivity contribution is 5.96. The van der Waals surface area contributed by atoms with Gasteiger partial charge in [-0.1, -0.05) is 166 Å². The monoisotopic (exact) mass is 576 g/mol. The fourth-order valence-electron chi connectivity index (χ4n) is 6.83. The zero-order valence-corrected chi connectivity index (χ0v) is 25.4. The number of nitrogens with zero attached hydrogens (tertiary/aromatic N) is 2. The number of hydrogen-bond acceptors (Lipinski definition) is 2. The van der Waals surface area contributed by atoms with Crippen molar-refractivity contribution in [1.29, 1.82) is 0 Å². The Morgan fingerprint density at radius 1 is 0.378 bits per heavy atom. The smallest absolute Gasteiger partial charge is 0.160 e. The van der Waals surface area contributed by atoms with Crippen molar-refractivity contribution in [1.82, 2.24) is 9.97 Å². The molecule has 0 spiro atoms. The lowest BCUT2D eigenvalue weighted by atomic mass is 9.81. The van der Waals surface area contributed by atoms with Crippen LogP contribution in [0.4, 0.5) is 0 Å². The van der Waals surface area contributed by atoms with Crippen LogP contribution >= 0.6 is 0 Å². The summed E-state index contributed by atoms with van der Waals surface area (Å²) in [7, 11) is 0. The molecule has 8 rings (SSSR count). The van der Waals surface area contributed by atoms with Crippen LogP contribution < -0.4 is 0 Å². The fraction of sp³-hybridized carbons (Fsp3) is 0.0698. The molecular formula is C43H32N2. The van der Waals surface area contributed by atoms with E-state index in [9.17, 15) is 0 Å². The summed E-state index contributed by atoms with van der Waals surface area (Å²) in [5.74, 6) is 0.717. The minimum atomic E-state index is -0.0641. The zero-order valence-electron chi connectivity index (χ0n) is 25.4. The van der Waals surface area contributed by atoms with Crippen molar-refractivity contribution >= 4 is 0 Å². The van der Waals surface area contributed by atoms with Gasteiger partial charge in [-0.25, -0.2) is 9.97 Å². The molecule has 0 atom stereocenters. The summed E-state index contributed by atoms with van der Waals surface area (Å²) in [4.78, 5) is 10.3. The van der Waals surface area contributed by atoms with Gasteiger partial charge >= 0.3 is 0 Å². The fourth-order valence-corrected chi connectivity index (χ4v) is 6.83. The molecule has 2 nitrogen and oxygen atoms in total. The maximum Gasteiger partial charge on any atom is 0.160 e. The SMILES string of the molecule is CC1(C)c2ccccc2-c2c(-c3ccccc3-c3cc(-c4ccc(-c5ccccc5)cc4)nc(-c4ccccc4)n3)cccc21. The second-order valence-electron chi connectivity index (χ2n) is 12.2. The zero-order chi connectivity index (χ0) is 30.4. The molecule has 0 fully saturated rings. The van der Waals surface area contributed by atoms with Gasteiger partial charge in [0.05, 0.1) is 11.4 Å². The molecule has 1 aliphatic rings. The van der Waals surface area contributed by atoms with Crippen LogP contribution in [0.25, 0.3) is 67.3 Å². The first-order valence-electron chi connectivity index (χ1n) is 15.5. The third-order valence-corrected chi connectivity index (χ3v) is 9.15. The molecule has 45 heavy (non-hydrogen) atoms. The number of aromatic nitrogens is 2. The average Bonchev–Trinajstić information content (AvgIpc) is 3.35. The van der Waals surface area contributed by atoms with Crippen molar-refractivity contribution in [3.63, 3.8) is 0 Å². The first kappa shape index (κ1) is 27.0. The Labute approximate surface area is 264 Å². The van der Waals surface area contributed by atoms with E-state index in [1.54, 1.807) is 0 Å². The summed E-state index contributed by atoms with van der Waals surface area (Å²) in [6.45, 7) is 4.67. The van der Waals surface area contributed by atoms with E-state index in [-0.39, 0.29) is 5.41 Å². The van der Waals surface area contributed by atoms with Crippen LogP contribution in [0.3, 0.4) is 0 Å². The first-order chi connectivity index (χ1) is 22.1. The molecule has 0 saturated carbocycles. The summed E-state index contributed by atoms with van der Waals surface area (Å²) in [6, 6.07) is 55.8. The van der Waals surface area contributed by atoms with E-state index >= 15 is 0 Å². The minimum absolute atomic E-state index is 0.0641. The largest absolute Gasteiger partial charge is 0.228 e. The second-order valence-corrected chi connectivity index (χ2v) is 12.2. The molecule has 7 aromatic rings. The Morgan fingerprint density at radius 2 is 0.889 bits per heavy atom. The van der Waals surface area contributed by atoms with E-state index in [0.717, 1.165) is 33.9 Å². The molecule has 2 heteroatoms. The number of benzene rings is 6. The molecule has 0 saturated heterocycles. The Morgan fingerprint density at radius 3 is 1.62 bits per heavy atom. The van der Waals surface area contributed by atoms with Crippen molar-refractivity contribution in [2.45, 2.75) is 19.3 Å². The van der Waals surface area contributed by atoms with E-state index in [2.05, 4.69) is 147 Å². The van der Waals surface area contributed by atoms with Crippen LogP contribution in [0.2, 0.25) is 0 Å². The second kappa shape index (κ2) is 10.8. The molecule has 6 aromatic carbocycles. The third kappa shape index (κ3) is 4.67. The van der Waals surface area contributed by atoms with Gasteiger partial charge in [0.15, 0.2) is 5.82 Å². The quantitative estimate of drug-likeness (QED) is 0.204. The highest BCUT2D eigenvalue weighted by Gasteiger charge is 2.36. The molecule has 214 valence electrons. The Kier molecular flexibility index (Phi) is 6.50. The number of rotatable bonds is 5. The summed E-state index contributed by atoms with van der Waals surface area (Å²) < 4.78 is 0. The normalized spacial score (nSPS) is 12.8. The minimum Gasteiger partial charge on any atom is -0.228 e. The highest BCUT2D eigenvalue weighted by Crippen LogP contribution is 2.52. The van der Waals surface area contributed by atoms with E-state index in [1.807, 2.05) is 24.3 Å². The van der Waals surface area contributed by atoms with Gasteiger partial charge in [-0.3, -0.25) is 0 Å². The predicted octanol–water partition coefficient (Wildman–Crippen LogP) is 11.1. The summed E-state index contributed by atoms with van der Waals surface area (Å²) >= 11 is 0. The van der Waals surface area contributed by atoms with Crippen LogP contribution in [0.1, 0.15) is 25.0 Å². The lowest BCUT2D eigenvalue weighted by Crippen LogP contribution is -2.14. The Hall–Kier alpha value is -5.60. The summed E-state index contributed by atoms with van der Waals surface area (Å²) in [6.07, 6.45) is 0. The summed E-state index contributed by atoms with van der Waals surface area (Å²) in [5, 5.41) is 0. The van der Waals surface area contributed by atoms with E-state index in [1.165, 1.54) is 44.5 Å². The van der Waals surface area contributed by atoms with Gasteiger partial charge in [0.2, 0.25) is 0 Å². The molecule has 0 bridgehead atoms. The van der Waals surface area contributed by atoms with Crippen LogP contribution in [0.5, 0.6) is 0 Å². The molecule has 0 unspecified atom stereocenters. The van der Waals surface area contributed by atoms with Gasteiger partial charge in [0.1, 0.15) is 0 Å². The van der Waals surface area contributed by atoms with Crippen molar-refractivity contribution in [2.75, 3.05) is 0 Å². The van der Waals surface area contributed by atoms with Crippen LogP contribution in [-0.2, 0) is 5.41 Å². The molecule has 1 heterocycles. The highest BCUT2D eigenvalue weighted by atomic mass is 14.9. The molecular weight excluding hydrogens is 544 g/mol. The van der Waals surface area contributed by atoms with Crippen LogP contribution in [0.15, 0.2) is 158 Å². The van der Waals surface area contributed by atoms with Crippen molar-refractivity contribution in [3.8, 4) is 67.3 Å². The van der Waals surface area contributed by atoms with Gasteiger partial charge in [-0.15, -0.1) is 0 Å². The number of fused-ring (bicyclic) bond motifs is 3. The maximum atomic E-state index is 5.21. The Bertz CT molecular complexity index is 2160. The number of hydrogen-bond donors (Lipinski definition) is 0. The first-order valence-corrected chi connectivity index (χ1v) is 15.5. The molecule has 1 aliphatic carbocycles. The maximum absolute atomic E-state index is 5.21. The van der Waals surface area contributed by atoms with Crippen molar-refractivity contribution in [2.24, 2.45) is 0 Å². The third-order valence-electron chi connectivity index (χ3n) is 9.15. The molecule has 0 aliphatic heterocycles. The standard InChI is InChI=1S/C43H32N2/c1-43(2)37-22-12-11-20-36(37)41-35(21-13-23-38(41)43)33-18-9-10-19-34(33)40-28-39(44-42(45-40)32-16-7-4-8-17-32)31-26-24-30(25-27-31)29-14-5-3-6-15-29/h3-28H,1-2H3. The average molecular weight is 577 g/mol. The van der Waals surface area contributed by atoms with Gasteiger partial charge in [0.25, 0.3) is 0 Å². The van der Waals surface area contributed by atoms with E-state index in [4.69, 9.17) is 9.97 Å². The van der Waals surface area contributed by atoms with Crippen molar-refractivity contribution < 1.29 is 0 Å². The Balaban J connectivity index is 1.31. The van der Waals surface area contributed by atoms with Crippen LogP contribution in [-0.4, -0.2) is 9.97 Å². The van der Waals surface area contributed by atoms with Gasteiger partial charge < -0.3 is 0 Å². The lowest BCUT2D eigenvalue weighted by Gasteiger charge is -2.22. The van der Waals surface area contributed by atoms with Crippen LogP contribution in [0, 0.1) is 0 Å². The molecule has 0 amide bonds. The predicted molar refractivity (Wildman–Crippen MR) is 187 cm³/mol. The van der Waals surface area contributed by atoms with Gasteiger partial charge in [-0.05, 0) is 50.6 Å². The summed E-state index contributed by atoms with van der Waals surface area (Å²) in [5.41, 5.74) is 15.1. The van der Waals surface area contributed by atoms with Gasteiger partial charge in [0, 0.05) is 22.1 Å². The van der Waals surface area contributed by atoms with Crippen molar-refractivity contribution in [3.05, 3.63) is 169 Å².